The molecule has 1 aromatic rings. The third-order valence-electron chi connectivity index (χ3n) is 3.63. The molecule has 0 saturated heterocycles. The van der Waals surface area contributed by atoms with Gasteiger partial charge in [0.2, 0.25) is 0 Å². The fourth-order valence-electron chi connectivity index (χ4n) is 2.46. The van der Waals surface area contributed by atoms with Gasteiger partial charge in [0.25, 0.3) is 5.91 Å². The van der Waals surface area contributed by atoms with E-state index in [1.54, 1.807) is 6.26 Å². The fourth-order valence-corrected chi connectivity index (χ4v) is 2.97. The third-order valence-corrected chi connectivity index (χ3v) is 4.39. The summed E-state index contributed by atoms with van der Waals surface area (Å²) in [4.78, 5) is 23.9. The van der Waals surface area contributed by atoms with Crippen molar-refractivity contribution in [2.45, 2.75) is 36.1 Å². The van der Waals surface area contributed by atoms with Gasteiger partial charge >= 0.3 is 5.97 Å². The molecule has 1 fully saturated rings. The van der Waals surface area contributed by atoms with Gasteiger partial charge in [-0.1, -0.05) is 12.8 Å². The Balaban J connectivity index is 2.21. The van der Waals surface area contributed by atoms with E-state index in [1.807, 2.05) is 0 Å². The molecule has 20 heavy (non-hydrogen) atoms. The largest absolute Gasteiger partial charge is 0.480 e. The van der Waals surface area contributed by atoms with Crippen LogP contribution in [0, 0.1) is 5.82 Å². The Morgan fingerprint density at radius 3 is 2.55 bits per heavy atom. The third kappa shape index (κ3) is 2.80. The first-order valence-corrected chi connectivity index (χ1v) is 7.60. The highest BCUT2D eigenvalue weighted by Crippen LogP contribution is 2.30. The van der Waals surface area contributed by atoms with E-state index in [4.69, 9.17) is 0 Å². The number of amides is 1. The zero-order valence-electron chi connectivity index (χ0n) is 11.1. The normalized spacial score (nSPS) is 16.9. The molecular formula is C14H16FNO3S. The number of aliphatic carboxylic acids is 1. The van der Waals surface area contributed by atoms with E-state index in [0.717, 1.165) is 12.8 Å². The molecule has 0 aliphatic heterocycles. The van der Waals surface area contributed by atoms with Gasteiger partial charge in [0, 0.05) is 10.5 Å². The lowest BCUT2D eigenvalue weighted by atomic mass is 9.97. The van der Waals surface area contributed by atoms with E-state index >= 15 is 0 Å². The summed E-state index contributed by atoms with van der Waals surface area (Å²) in [7, 11) is 0. The Kier molecular flexibility index (Phi) is 4.32. The van der Waals surface area contributed by atoms with Crippen LogP contribution in [0.3, 0.4) is 0 Å². The van der Waals surface area contributed by atoms with Crippen molar-refractivity contribution in [1.82, 2.24) is 5.32 Å². The second kappa shape index (κ2) is 5.83. The van der Waals surface area contributed by atoms with E-state index in [2.05, 4.69) is 5.32 Å². The van der Waals surface area contributed by atoms with Crippen molar-refractivity contribution < 1.29 is 19.1 Å². The summed E-state index contributed by atoms with van der Waals surface area (Å²) in [6, 6.07) is 4.04. The summed E-state index contributed by atoms with van der Waals surface area (Å²) in [5.41, 5.74) is -0.895. The van der Waals surface area contributed by atoms with Gasteiger partial charge in [0.15, 0.2) is 0 Å². The standard InChI is InChI=1S/C14H16FNO3S/c1-20-11-8-9(4-5-10(11)15)12(17)16-14(13(18)19)6-2-3-7-14/h4-5,8H,2-3,6-7H2,1H3,(H,16,17)(H,18,19). The summed E-state index contributed by atoms with van der Waals surface area (Å²) in [5, 5.41) is 11.9. The van der Waals surface area contributed by atoms with Crippen LogP contribution in [-0.4, -0.2) is 28.8 Å². The Bertz CT molecular complexity index is 541. The van der Waals surface area contributed by atoms with Gasteiger partial charge in [-0.05, 0) is 37.3 Å². The minimum Gasteiger partial charge on any atom is -0.480 e. The number of carboxylic acids is 1. The highest BCUT2D eigenvalue weighted by molar-refractivity contribution is 7.98. The number of benzene rings is 1. The molecule has 1 aliphatic rings. The maximum absolute atomic E-state index is 13.4. The van der Waals surface area contributed by atoms with Gasteiger partial charge in [-0.2, -0.15) is 0 Å². The highest BCUT2D eigenvalue weighted by atomic mass is 32.2. The Morgan fingerprint density at radius 1 is 1.35 bits per heavy atom. The molecule has 108 valence electrons. The monoisotopic (exact) mass is 297 g/mol. The molecule has 1 amide bonds. The van der Waals surface area contributed by atoms with Crippen molar-refractivity contribution in [1.29, 1.82) is 0 Å². The van der Waals surface area contributed by atoms with Crippen molar-refractivity contribution in [3.8, 4) is 0 Å². The first kappa shape index (κ1) is 14.8. The number of nitrogens with one attached hydrogen (secondary N) is 1. The topological polar surface area (TPSA) is 66.4 Å². The zero-order valence-corrected chi connectivity index (χ0v) is 11.9. The highest BCUT2D eigenvalue weighted by Gasteiger charge is 2.42. The smallest absolute Gasteiger partial charge is 0.329 e. The average Bonchev–Trinajstić information content (AvgIpc) is 2.89. The number of halogens is 1. The van der Waals surface area contributed by atoms with Crippen LogP contribution in [-0.2, 0) is 4.79 Å². The lowest BCUT2D eigenvalue weighted by Gasteiger charge is -2.25. The molecule has 0 radical (unpaired) electrons. The summed E-state index contributed by atoms with van der Waals surface area (Å²) in [6.45, 7) is 0. The van der Waals surface area contributed by atoms with Gasteiger partial charge < -0.3 is 10.4 Å². The molecule has 4 nitrogen and oxygen atoms in total. The van der Waals surface area contributed by atoms with Crippen LogP contribution in [0.2, 0.25) is 0 Å². The molecule has 2 N–H and O–H groups in total. The molecule has 2 rings (SSSR count). The van der Waals surface area contributed by atoms with Crippen LogP contribution in [0.15, 0.2) is 23.1 Å². The van der Waals surface area contributed by atoms with E-state index in [-0.39, 0.29) is 11.4 Å². The van der Waals surface area contributed by atoms with Crippen molar-refractivity contribution >= 4 is 23.6 Å². The van der Waals surface area contributed by atoms with Gasteiger partial charge in [0.1, 0.15) is 11.4 Å². The Labute approximate surface area is 120 Å². The summed E-state index contributed by atoms with van der Waals surface area (Å²) < 4.78 is 13.4. The quantitative estimate of drug-likeness (QED) is 0.839. The van der Waals surface area contributed by atoms with Crippen LogP contribution in [0.1, 0.15) is 36.0 Å². The minimum atomic E-state index is -1.18. The average molecular weight is 297 g/mol. The molecule has 6 heteroatoms. The van der Waals surface area contributed by atoms with Crippen molar-refractivity contribution in [2.75, 3.05) is 6.26 Å². The van der Waals surface area contributed by atoms with E-state index in [1.165, 1.54) is 30.0 Å². The number of carbonyl (C=O) groups is 2. The molecular weight excluding hydrogens is 281 g/mol. The van der Waals surface area contributed by atoms with E-state index < -0.39 is 17.4 Å². The van der Waals surface area contributed by atoms with Crippen LogP contribution in [0.25, 0.3) is 0 Å². The molecule has 1 aromatic carbocycles. The van der Waals surface area contributed by atoms with Crippen molar-refractivity contribution in [3.05, 3.63) is 29.6 Å². The summed E-state index contributed by atoms with van der Waals surface area (Å²) >= 11 is 1.20. The summed E-state index contributed by atoms with van der Waals surface area (Å²) in [5.74, 6) is -1.86. The predicted octanol–water partition coefficient (Wildman–Crippen LogP) is 2.67. The molecule has 0 aromatic heterocycles. The van der Waals surface area contributed by atoms with Gasteiger partial charge in [-0.15, -0.1) is 11.8 Å². The first-order chi connectivity index (χ1) is 9.48. The number of carboxylic acid groups (broad SMARTS) is 1. The zero-order chi connectivity index (χ0) is 14.8. The molecule has 0 unspecified atom stereocenters. The first-order valence-electron chi connectivity index (χ1n) is 6.38. The lowest BCUT2D eigenvalue weighted by Crippen LogP contribution is -2.52. The maximum atomic E-state index is 13.4. The minimum absolute atomic E-state index is 0.281. The fraction of sp³-hybridized carbons (Fsp3) is 0.429. The van der Waals surface area contributed by atoms with Crippen LogP contribution >= 0.6 is 11.8 Å². The van der Waals surface area contributed by atoms with Crippen molar-refractivity contribution in [2.24, 2.45) is 0 Å². The van der Waals surface area contributed by atoms with Gasteiger partial charge in [0.05, 0.1) is 0 Å². The number of rotatable bonds is 4. The van der Waals surface area contributed by atoms with Crippen LogP contribution in [0.4, 0.5) is 4.39 Å². The second-order valence-electron chi connectivity index (χ2n) is 4.90. The van der Waals surface area contributed by atoms with E-state index in [0.29, 0.717) is 17.7 Å². The Morgan fingerprint density at radius 2 is 2.00 bits per heavy atom. The van der Waals surface area contributed by atoms with Crippen LogP contribution in [0.5, 0.6) is 0 Å². The van der Waals surface area contributed by atoms with E-state index in [9.17, 15) is 19.1 Å². The SMILES string of the molecule is CSc1cc(C(=O)NC2(C(=O)O)CCCC2)ccc1F. The molecule has 0 heterocycles. The number of hydrogen-bond donors (Lipinski definition) is 2. The predicted molar refractivity (Wildman–Crippen MR) is 74.5 cm³/mol. The Hall–Kier alpha value is -1.56. The number of thioether (sulfide) groups is 1. The lowest BCUT2D eigenvalue weighted by molar-refractivity contribution is -0.144. The molecule has 0 spiro atoms. The van der Waals surface area contributed by atoms with Crippen LogP contribution < -0.4 is 5.32 Å². The molecule has 0 atom stereocenters. The van der Waals surface area contributed by atoms with Crippen molar-refractivity contribution in [3.63, 3.8) is 0 Å². The molecule has 1 aliphatic carbocycles. The number of carbonyl (C=O) groups excluding carboxylic acids is 1. The molecule has 0 bridgehead atoms. The second-order valence-corrected chi connectivity index (χ2v) is 5.75. The number of hydrogen-bond acceptors (Lipinski definition) is 3. The summed E-state index contributed by atoms with van der Waals surface area (Å²) in [6.07, 6.45) is 4.16. The molecule has 1 saturated carbocycles. The van der Waals surface area contributed by atoms with Gasteiger partial charge in [-0.3, -0.25) is 4.79 Å². The van der Waals surface area contributed by atoms with Gasteiger partial charge in [-0.25, -0.2) is 9.18 Å². The maximum Gasteiger partial charge on any atom is 0.329 e.